The molecule has 0 N–H and O–H groups in total. The molecule has 2 atom stereocenters. The molecule has 0 saturated carbocycles. The maximum atomic E-state index is 11.6. The number of hydrogen-bond acceptors (Lipinski definition) is 3. The number of rotatable bonds is 3. The van der Waals surface area contributed by atoms with E-state index >= 15 is 0 Å². The predicted octanol–water partition coefficient (Wildman–Crippen LogP) is 1.87. The molecule has 0 aromatic heterocycles. The van der Waals surface area contributed by atoms with Crippen LogP contribution in [0.1, 0.15) is 41.5 Å². The van der Waals surface area contributed by atoms with Gasteiger partial charge in [-0.3, -0.25) is 9.00 Å². The maximum absolute atomic E-state index is 11.6. The monoisotopic (exact) mass is 220 g/mol. The minimum atomic E-state index is -1.16. The van der Waals surface area contributed by atoms with Crippen LogP contribution in [0.15, 0.2) is 0 Å². The van der Waals surface area contributed by atoms with Crippen molar-refractivity contribution in [2.45, 2.75) is 57.6 Å². The zero-order valence-corrected chi connectivity index (χ0v) is 10.6. The molecule has 0 aromatic rings. The molecule has 0 rings (SSSR count). The molecule has 0 bridgehead atoms. The fraction of sp³-hybridized carbons (Fsp3) is 0.900. The van der Waals surface area contributed by atoms with Crippen LogP contribution in [0.2, 0.25) is 0 Å². The summed E-state index contributed by atoms with van der Waals surface area (Å²) in [6, 6.07) is 0. The lowest BCUT2D eigenvalue weighted by Gasteiger charge is -2.22. The highest BCUT2D eigenvalue weighted by Crippen LogP contribution is 2.12. The lowest BCUT2D eigenvalue weighted by Crippen LogP contribution is -2.34. The molecule has 84 valence electrons. The second kappa shape index (κ2) is 4.91. The fourth-order valence-corrected chi connectivity index (χ4v) is 1.94. The van der Waals surface area contributed by atoms with E-state index in [1.165, 1.54) is 0 Å². The minimum absolute atomic E-state index is 0.0162. The highest BCUT2D eigenvalue weighted by atomic mass is 32.2. The van der Waals surface area contributed by atoms with Gasteiger partial charge in [-0.15, -0.1) is 0 Å². The Labute approximate surface area is 88.7 Å². The molecule has 0 aliphatic carbocycles. The minimum Gasteiger partial charge on any atom is -0.459 e. The lowest BCUT2D eigenvalue weighted by atomic mass is 10.2. The first-order valence-corrected chi connectivity index (χ1v) is 6.05. The highest BCUT2D eigenvalue weighted by molar-refractivity contribution is 7.87. The number of hydrogen-bond donors (Lipinski definition) is 0. The van der Waals surface area contributed by atoms with Crippen molar-refractivity contribution in [1.29, 1.82) is 0 Å². The van der Waals surface area contributed by atoms with Crippen molar-refractivity contribution in [3.05, 3.63) is 0 Å². The SMILES string of the molecule is CC(C)S(=O)C(C)C(=O)OC(C)(C)C. The summed E-state index contributed by atoms with van der Waals surface area (Å²) in [6.07, 6.45) is 0. The van der Waals surface area contributed by atoms with Gasteiger partial charge in [0.25, 0.3) is 0 Å². The van der Waals surface area contributed by atoms with Gasteiger partial charge in [-0.1, -0.05) is 13.8 Å². The standard InChI is InChI=1S/C10H20O3S/c1-7(2)14(12)8(3)9(11)13-10(4,5)6/h7-8H,1-6H3. The third kappa shape index (κ3) is 4.74. The summed E-state index contributed by atoms with van der Waals surface area (Å²) >= 11 is 0. The van der Waals surface area contributed by atoms with E-state index in [1.54, 1.807) is 27.7 Å². The van der Waals surface area contributed by atoms with Crippen LogP contribution in [0.3, 0.4) is 0 Å². The van der Waals surface area contributed by atoms with Gasteiger partial charge in [0.1, 0.15) is 10.9 Å². The van der Waals surface area contributed by atoms with E-state index in [4.69, 9.17) is 4.74 Å². The quantitative estimate of drug-likeness (QED) is 0.682. The van der Waals surface area contributed by atoms with Crippen LogP contribution in [0, 0.1) is 0 Å². The number of carbonyl (C=O) groups is 1. The molecule has 14 heavy (non-hydrogen) atoms. The van der Waals surface area contributed by atoms with E-state index in [1.807, 2.05) is 13.8 Å². The predicted molar refractivity (Wildman–Crippen MR) is 58.6 cm³/mol. The molecule has 0 fully saturated rings. The van der Waals surface area contributed by atoms with Gasteiger partial charge in [0, 0.05) is 16.0 Å². The molecule has 0 saturated heterocycles. The van der Waals surface area contributed by atoms with Crippen molar-refractivity contribution in [2.24, 2.45) is 0 Å². The Kier molecular flexibility index (Phi) is 4.78. The number of carbonyl (C=O) groups excluding carboxylic acids is 1. The van der Waals surface area contributed by atoms with Crippen molar-refractivity contribution in [2.75, 3.05) is 0 Å². The molecule has 0 heterocycles. The van der Waals surface area contributed by atoms with Crippen molar-refractivity contribution in [1.82, 2.24) is 0 Å². The zero-order chi connectivity index (χ0) is 11.5. The van der Waals surface area contributed by atoms with Crippen LogP contribution in [0.4, 0.5) is 0 Å². The fourth-order valence-electron chi connectivity index (χ4n) is 0.888. The Morgan fingerprint density at radius 2 is 1.64 bits per heavy atom. The van der Waals surface area contributed by atoms with Crippen LogP contribution >= 0.6 is 0 Å². The summed E-state index contributed by atoms with van der Waals surface area (Å²) < 4.78 is 16.7. The summed E-state index contributed by atoms with van der Waals surface area (Å²) in [5.41, 5.74) is -0.507. The third-order valence-electron chi connectivity index (χ3n) is 1.55. The largest absolute Gasteiger partial charge is 0.459 e. The van der Waals surface area contributed by atoms with Crippen molar-refractivity contribution >= 4 is 16.8 Å². The van der Waals surface area contributed by atoms with E-state index in [2.05, 4.69) is 0 Å². The molecule has 0 aliphatic rings. The highest BCUT2D eigenvalue weighted by Gasteiger charge is 2.27. The van der Waals surface area contributed by atoms with Crippen LogP contribution in [-0.4, -0.2) is 26.3 Å². The van der Waals surface area contributed by atoms with Crippen LogP contribution in [0.25, 0.3) is 0 Å². The average Bonchev–Trinajstić information content (AvgIpc) is 1.98. The first-order chi connectivity index (χ1) is 6.15. The van der Waals surface area contributed by atoms with Gasteiger partial charge in [0.2, 0.25) is 0 Å². The van der Waals surface area contributed by atoms with Gasteiger partial charge in [-0.05, 0) is 27.7 Å². The smallest absolute Gasteiger partial charge is 0.321 e. The first-order valence-electron chi connectivity index (χ1n) is 4.77. The van der Waals surface area contributed by atoms with Gasteiger partial charge in [-0.25, -0.2) is 0 Å². The van der Waals surface area contributed by atoms with Crippen molar-refractivity contribution in [3.63, 3.8) is 0 Å². The molecule has 4 heteroatoms. The maximum Gasteiger partial charge on any atom is 0.321 e. The van der Waals surface area contributed by atoms with Gasteiger partial charge in [-0.2, -0.15) is 0 Å². The van der Waals surface area contributed by atoms with Crippen molar-refractivity contribution in [3.8, 4) is 0 Å². The van der Waals surface area contributed by atoms with Gasteiger partial charge in [0.15, 0.2) is 0 Å². The molecular weight excluding hydrogens is 200 g/mol. The normalized spacial score (nSPS) is 16.5. The molecule has 0 amide bonds. The Hall–Kier alpha value is -0.380. The Balaban J connectivity index is 4.34. The summed E-state index contributed by atoms with van der Waals surface area (Å²) in [5.74, 6) is -0.385. The topological polar surface area (TPSA) is 43.4 Å². The zero-order valence-electron chi connectivity index (χ0n) is 9.79. The van der Waals surface area contributed by atoms with E-state index in [0.717, 1.165) is 0 Å². The van der Waals surface area contributed by atoms with Crippen LogP contribution < -0.4 is 0 Å². The van der Waals surface area contributed by atoms with E-state index in [0.29, 0.717) is 0 Å². The Morgan fingerprint density at radius 3 is 1.93 bits per heavy atom. The molecule has 0 spiro atoms. The Morgan fingerprint density at radius 1 is 1.21 bits per heavy atom. The summed E-state index contributed by atoms with van der Waals surface area (Å²) in [4.78, 5) is 11.5. The summed E-state index contributed by atoms with van der Waals surface area (Å²) in [5, 5.41) is -0.563. The molecule has 0 radical (unpaired) electrons. The van der Waals surface area contributed by atoms with E-state index in [9.17, 15) is 9.00 Å². The number of esters is 1. The van der Waals surface area contributed by atoms with E-state index in [-0.39, 0.29) is 11.2 Å². The van der Waals surface area contributed by atoms with Gasteiger partial charge >= 0.3 is 5.97 Å². The second-order valence-corrected chi connectivity index (χ2v) is 6.86. The van der Waals surface area contributed by atoms with Crippen LogP contribution in [0.5, 0.6) is 0 Å². The van der Waals surface area contributed by atoms with Crippen molar-refractivity contribution < 1.29 is 13.7 Å². The van der Waals surface area contributed by atoms with Gasteiger partial charge < -0.3 is 4.74 Å². The average molecular weight is 220 g/mol. The second-order valence-electron chi connectivity index (χ2n) is 4.55. The lowest BCUT2D eigenvalue weighted by molar-refractivity contribution is -0.153. The number of ether oxygens (including phenoxy) is 1. The molecule has 0 aliphatic heterocycles. The first kappa shape index (κ1) is 13.6. The molecule has 3 nitrogen and oxygen atoms in total. The third-order valence-corrected chi connectivity index (χ3v) is 3.37. The van der Waals surface area contributed by atoms with Gasteiger partial charge in [0.05, 0.1) is 0 Å². The molecule has 2 unspecified atom stereocenters. The molecule has 0 aromatic carbocycles. The van der Waals surface area contributed by atoms with Crippen LogP contribution in [-0.2, 0) is 20.3 Å². The summed E-state index contributed by atoms with van der Waals surface area (Å²) in [7, 11) is -1.16. The molecular formula is C10H20O3S. The van der Waals surface area contributed by atoms with E-state index < -0.39 is 21.7 Å². The summed E-state index contributed by atoms with van der Waals surface area (Å²) in [6.45, 7) is 10.7. The Bertz CT molecular complexity index is 228.